The van der Waals surface area contributed by atoms with Crippen LogP contribution in [-0.4, -0.2) is 25.1 Å². The Kier molecular flexibility index (Phi) is 5.70. The average Bonchev–Trinajstić information content (AvgIpc) is 2.29. The highest BCUT2D eigenvalue weighted by Gasteiger charge is 2.02. The summed E-state index contributed by atoms with van der Waals surface area (Å²) >= 11 is 0. The van der Waals surface area contributed by atoms with Gasteiger partial charge in [-0.25, -0.2) is 4.98 Å². The summed E-state index contributed by atoms with van der Waals surface area (Å²) in [6.07, 6.45) is 3.74. The van der Waals surface area contributed by atoms with Gasteiger partial charge in [-0.2, -0.15) is 0 Å². The maximum absolute atomic E-state index is 4.35. The molecule has 0 fully saturated rings. The lowest BCUT2D eigenvalue weighted by Gasteiger charge is -2.16. The first-order valence-corrected chi connectivity index (χ1v) is 6.11. The zero-order valence-corrected chi connectivity index (χ0v) is 11.1. The number of likely N-dealkylation sites (N-methyl/N-ethyl adjacent to an activating group) is 1. The summed E-state index contributed by atoms with van der Waals surface area (Å²) in [6.45, 7) is 10.9. The van der Waals surface area contributed by atoms with Crippen LogP contribution in [0.2, 0.25) is 0 Å². The molecule has 3 nitrogen and oxygen atoms in total. The summed E-state index contributed by atoms with van der Waals surface area (Å²) in [5.41, 5.74) is 1.27. The fourth-order valence-corrected chi connectivity index (χ4v) is 1.57. The lowest BCUT2D eigenvalue weighted by molar-refractivity contribution is 0.552. The van der Waals surface area contributed by atoms with Crippen LogP contribution in [0.1, 0.15) is 19.4 Å². The normalized spacial score (nSPS) is 10.6. The lowest BCUT2D eigenvalue weighted by Crippen LogP contribution is -2.20. The van der Waals surface area contributed by atoms with Crippen molar-refractivity contribution in [3.63, 3.8) is 0 Å². The molecule has 94 valence electrons. The third-order valence-electron chi connectivity index (χ3n) is 2.49. The van der Waals surface area contributed by atoms with Gasteiger partial charge in [0.1, 0.15) is 5.82 Å². The molecule has 3 heteroatoms. The van der Waals surface area contributed by atoms with E-state index in [1.807, 2.05) is 19.3 Å². The molecule has 1 aromatic rings. The van der Waals surface area contributed by atoms with E-state index < -0.39 is 0 Å². The number of aromatic nitrogens is 1. The van der Waals surface area contributed by atoms with E-state index in [4.69, 9.17) is 0 Å². The molecule has 1 heterocycles. The molecular weight excluding hydrogens is 210 g/mol. The SMILES string of the molecule is C=CCN(C)c1cc(CNCC(C)C)ccn1. The molecule has 0 amide bonds. The van der Waals surface area contributed by atoms with E-state index in [1.165, 1.54) is 5.56 Å². The van der Waals surface area contributed by atoms with Crippen molar-refractivity contribution in [3.8, 4) is 0 Å². The smallest absolute Gasteiger partial charge is 0.128 e. The van der Waals surface area contributed by atoms with Crippen LogP contribution in [0, 0.1) is 5.92 Å². The molecular formula is C14H23N3. The Hall–Kier alpha value is -1.35. The van der Waals surface area contributed by atoms with E-state index >= 15 is 0 Å². The topological polar surface area (TPSA) is 28.2 Å². The fourth-order valence-electron chi connectivity index (χ4n) is 1.57. The molecule has 0 aliphatic heterocycles. The van der Waals surface area contributed by atoms with Gasteiger partial charge in [-0.15, -0.1) is 6.58 Å². The molecule has 0 aromatic carbocycles. The van der Waals surface area contributed by atoms with Crippen LogP contribution in [-0.2, 0) is 6.54 Å². The number of nitrogens with zero attached hydrogens (tertiary/aromatic N) is 2. The van der Waals surface area contributed by atoms with Crippen LogP contribution in [0.3, 0.4) is 0 Å². The first kappa shape index (κ1) is 13.7. The Morgan fingerprint density at radius 2 is 2.29 bits per heavy atom. The third kappa shape index (κ3) is 5.00. The Morgan fingerprint density at radius 3 is 2.94 bits per heavy atom. The highest BCUT2D eigenvalue weighted by Crippen LogP contribution is 2.10. The molecule has 1 rings (SSSR count). The van der Waals surface area contributed by atoms with E-state index in [0.29, 0.717) is 5.92 Å². The van der Waals surface area contributed by atoms with Crippen molar-refractivity contribution < 1.29 is 0 Å². The van der Waals surface area contributed by atoms with E-state index in [9.17, 15) is 0 Å². The number of anilines is 1. The fraction of sp³-hybridized carbons (Fsp3) is 0.500. The molecule has 0 aliphatic rings. The first-order valence-electron chi connectivity index (χ1n) is 6.11. The van der Waals surface area contributed by atoms with Gasteiger partial charge in [-0.05, 0) is 30.2 Å². The van der Waals surface area contributed by atoms with Gasteiger partial charge in [-0.3, -0.25) is 0 Å². The summed E-state index contributed by atoms with van der Waals surface area (Å²) in [5.74, 6) is 1.67. The zero-order chi connectivity index (χ0) is 12.7. The van der Waals surface area contributed by atoms with Crippen molar-refractivity contribution in [1.82, 2.24) is 10.3 Å². The van der Waals surface area contributed by atoms with Crippen molar-refractivity contribution in [2.75, 3.05) is 25.0 Å². The summed E-state index contributed by atoms with van der Waals surface area (Å²) < 4.78 is 0. The molecule has 0 aliphatic carbocycles. The maximum Gasteiger partial charge on any atom is 0.128 e. The third-order valence-corrected chi connectivity index (χ3v) is 2.49. The van der Waals surface area contributed by atoms with Crippen molar-refractivity contribution >= 4 is 5.82 Å². The minimum atomic E-state index is 0.680. The number of nitrogens with one attached hydrogen (secondary N) is 1. The largest absolute Gasteiger partial charge is 0.356 e. The van der Waals surface area contributed by atoms with Gasteiger partial charge >= 0.3 is 0 Å². The Labute approximate surface area is 105 Å². The van der Waals surface area contributed by atoms with Crippen LogP contribution in [0.25, 0.3) is 0 Å². The second-order valence-corrected chi connectivity index (χ2v) is 4.72. The van der Waals surface area contributed by atoms with Crippen LogP contribution in [0.5, 0.6) is 0 Å². The second-order valence-electron chi connectivity index (χ2n) is 4.72. The molecule has 0 saturated heterocycles. The number of hydrogen-bond acceptors (Lipinski definition) is 3. The highest BCUT2D eigenvalue weighted by atomic mass is 15.1. The second kappa shape index (κ2) is 7.07. The minimum absolute atomic E-state index is 0.680. The molecule has 0 radical (unpaired) electrons. The molecule has 0 atom stereocenters. The van der Waals surface area contributed by atoms with Gasteiger partial charge in [0.25, 0.3) is 0 Å². The van der Waals surface area contributed by atoms with Crippen molar-refractivity contribution in [2.45, 2.75) is 20.4 Å². The van der Waals surface area contributed by atoms with Gasteiger partial charge < -0.3 is 10.2 Å². The minimum Gasteiger partial charge on any atom is -0.356 e. The van der Waals surface area contributed by atoms with Gasteiger partial charge in [0.2, 0.25) is 0 Å². The van der Waals surface area contributed by atoms with Crippen LogP contribution >= 0.6 is 0 Å². The zero-order valence-electron chi connectivity index (χ0n) is 11.1. The summed E-state index contributed by atoms with van der Waals surface area (Å²) in [7, 11) is 2.02. The van der Waals surface area contributed by atoms with E-state index in [0.717, 1.165) is 25.5 Å². The highest BCUT2D eigenvalue weighted by molar-refractivity contribution is 5.40. The predicted molar refractivity (Wildman–Crippen MR) is 74.2 cm³/mol. The number of rotatable bonds is 7. The van der Waals surface area contributed by atoms with E-state index in [1.54, 1.807) is 0 Å². The Bertz CT molecular complexity index is 347. The molecule has 1 aromatic heterocycles. The Morgan fingerprint density at radius 1 is 1.53 bits per heavy atom. The van der Waals surface area contributed by atoms with Gasteiger partial charge in [0.05, 0.1) is 0 Å². The molecule has 17 heavy (non-hydrogen) atoms. The van der Waals surface area contributed by atoms with Crippen molar-refractivity contribution in [2.24, 2.45) is 5.92 Å². The van der Waals surface area contributed by atoms with Gasteiger partial charge in [-0.1, -0.05) is 19.9 Å². The predicted octanol–water partition coefficient (Wildman–Crippen LogP) is 2.45. The lowest BCUT2D eigenvalue weighted by atomic mass is 10.2. The van der Waals surface area contributed by atoms with Crippen molar-refractivity contribution in [1.29, 1.82) is 0 Å². The molecule has 0 unspecified atom stereocenters. The summed E-state index contributed by atoms with van der Waals surface area (Å²) in [6, 6.07) is 4.18. The number of hydrogen-bond donors (Lipinski definition) is 1. The molecule has 0 bridgehead atoms. The maximum atomic E-state index is 4.35. The first-order chi connectivity index (χ1) is 8.13. The molecule has 0 spiro atoms. The van der Waals surface area contributed by atoms with Crippen LogP contribution in [0.4, 0.5) is 5.82 Å². The molecule has 0 saturated carbocycles. The van der Waals surface area contributed by atoms with Gasteiger partial charge in [0.15, 0.2) is 0 Å². The average molecular weight is 233 g/mol. The van der Waals surface area contributed by atoms with E-state index in [-0.39, 0.29) is 0 Å². The Balaban J connectivity index is 2.56. The van der Waals surface area contributed by atoms with Crippen molar-refractivity contribution in [3.05, 3.63) is 36.5 Å². The van der Waals surface area contributed by atoms with Crippen LogP contribution < -0.4 is 10.2 Å². The summed E-state index contributed by atoms with van der Waals surface area (Å²) in [4.78, 5) is 6.43. The quantitative estimate of drug-likeness (QED) is 0.733. The standard InChI is InChI=1S/C14H23N3/c1-5-8-17(4)14-9-13(6-7-16-14)11-15-10-12(2)3/h5-7,9,12,15H,1,8,10-11H2,2-4H3. The molecule has 1 N–H and O–H groups in total. The number of pyridine rings is 1. The van der Waals surface area contributed by atoms with E-state index in [2.05, 4.69) is 47.8 Å². The summed E-state index contributed by atoms with van der Waals surface area (Å²) in [5, 5.41) is 3.43. The monoisotopic (exact) mass is 233 g/mol. The van der Waals surface area contributed by atoms with Gasteiger partial charge in [0, 0.05) is 26.3 Å². The van der Waals surface area contributed by atoms with Crippen LogP contribution in [0.15, 0.2) is 31.0 Å².